The Labute approximate surface area is 137 Å². The topological polar surface area (TPSA) is 59.3 Å². The summed E-state index contributed by atoms with van der Waals surface area (Å²) in [5.41, 5.74) is 2.14. The Balaban J connectivity index is 2.13. The van der Waals surface area contributed by atoms with E-state index < -0.39 is 5.97 Å². The SMILES string of the molecule is CCCCCCc1cn(C(=O)CCCC(=O)O)c2ccccc12. The minimum absolute atomic E-state index is 0.0257. The summed E-state index contributed by atoms with van der Waals surface area (Å²) in [6, 6.07) is 7.95. The first-order valence-corrected chi connectivity index (χ1v) is 8.47. The molecule has 124 valence electrons. The maximum absolute atomic E-state index is 12.4. The van der Waals surface area contributed by atoms with E-state index in [1.54, 1.807) is 4.57 Å². The predicted octanol–water partition coefficient (Wildman–Crippen LogP) is 4.66. The number of unbranched alkanes of at least 4 members (excludes halogenated alkanes) is 3. The Morgan fingerprint density at radius 2 is 1.83 bits per heavy atom. The molecule has 0 aliphatic heterocycles. The third kappa shape index (κ3) is 4.68. The van der Waals surface area contributed by atoms with Crippen LogP contribution in [0.4, 0.5) is 0 Å². The van der Waals surface area contributed by atoms with Crippen molar-refractivity contribution in [3.63, 3.8) is 0 Å². The van der Waals surface area contributed by atoms with Crippen molar-refractivity contribution >= 4 is 22.8 Å². The molecule has 0 spiro atoms. The quantitative estimate of drug-likeness (QED) is 0.685. The van der Waals surface area contributed by atoms with Crippen molar-refractivity contribution < 1.29 is 14.7 Å². The van der Waals surface area contributed by atoms with Gasteiger partial charge in [-0.1, -0.05) is 44.4 Å². The summed E-state index contributed by atoms with van der Waals surface area (Å²) in [7, 11) is 0. The number of hydrogen-bond acceptors (Lipinski definition) is 2. The van der Waals surface area contributed by atoms with Gasteiger partial charge in [0.1, 0.15) is 0 Å². The fourth-order valence-electron chi connectivity index (χ4n) is 2.91. The average molecular weight is 315 g/mol. The summed E-state index contributed by atoms with van der Waals surface area (Å²) >= 11 is 0. The molecule has 0 radical (unpaired) electrons. The van der Waals surface area contributed by atoms with Gasteiger partial charge in [-0.2, -0.15) is 0 Å². The van der Waals surface area contributed by atoms with Gasteiger partial charge in [0.15, 0.2) is 0 Å². The van der Waals surface area contributed by atoms with Crippen LogP contribution in [-0.2, 0) is 11.2 Å². The van der Waals surface area contributed by atoms with Crippen molar-refractivity contribution in [3.8, 4) is 0 Å². The van der Waals surface area contributed by atoms with Crippen LogP contribution in [0.5, 0.6) is 0 Å². The van der Waals surface area contributed by atoms with Gasteiger partial charge in [0.05, 0.1) is 5.52 Å². The first-order valence-electron chi connectivity index (χ1n) is 8.47. The number of para-hydroxylation sites is 1. The molecule has 0 bridgehead atoms. The van der Waals surface area contributed by atoms with Crippen LogP contribution >= 0.6 is 0 Å². The number of aliphatic carboxylic acids is 1. The van der Waals surface area contributed by atoms with Crippen LogP contribution in [0.2, 0.25) is 0 Å². The summed E-state index contributed by atoms with van der Waals surface area (Å²) in [4.78, 5) is 23.0. The van der Waals surface area contributed by atoms with E-state index in [1.165, 1.54) is 24.8 Å². The fraction of sp³-hybridized carbons (Fsp3) is 0.474. The van der Waals surface area contributed by atoms with E-state index in [2.05, 4.69) is 13.0 Å². The second kappa shape index (κ2) is 8.51. The zero-order valence-electron chi connectivity index (χ0n) is 13.8. The molecule has 2 rings (SSSR count). The molecule has 0 aliphatic carbocycles. The highest BCUT2D eigenvalue weighted by Gasteiger charge is 2.13. The van der Waals surface area contributed by atoms with Crippen molar-refractivity contribution in [1.82, 2.24) is 4.57 Å². The van der Waals surface area contributed by atoms with Crippen LogP contribution in [0.1, 0.15) is 62.2 Å². The second-order valence-electron chi connectivity index (χ2n) is 5.99. The van der Waals surface area contributed by atoms with Gasteiger partial charge in [0.2, 0.25) is 5.91 Å². The number of carboxylic acid groups (broad SMARTS) is 1. The van der Waals surface area contributed by atoms with Gasteiger partial charge in [-0.3, -0.25) is 14.2 Å². The molecule has 0 saturated heterocycles. The van der Waals surface area contributed by atoms with Crippen LogP contribution in [-0.4, -0.2) is 21.6 Å². The summed E-state index contributed by atoms with van der Waals surface area (Å²) in [6.45, 7) is 2.20. The Bertz CT molecular complexity index is 672. The summed E-state index contributed by atoms with van der Waals surface area (Å²) in [5, 5.41) is 9.83. The molecule has 0 fully saturated rings. The number of carbonyl (C=O) groups excluding carboxylic acids is 1. The zero-order valence-corrected chi connectivity index (χ0v) is 13.8. The van der Waals surface area contributed by atoms with E-state index >= 15 is 0 Å². The maximum Gasteiger partial charge on any atom is 0.303 e. The zero-order chi connectivity index (χ0) is 16.7. The van der Waals surface area contributed by atoms with E-state index in [1.807, 2.05) is 24.4 Å². The van der Waals surface area contributed by atoms with Crippen molar-refractivity contribution in [2.45, 2.75) is 58.3 Å². The lowest BCUT2D eigenvalue weighted by Gasteiger charge is -2.03. The molecule has 1 aromatic carbocycles. The standard InChI is InChI=1S/C19H25NO3/c1-2-3-4-5-9-15-14-20(17-11-7-6-10-16(15)17)18(21)12-8-13-19(22)23/h6-7,10-11,14H,2-5,8-9,12-13H2,1H3,(H,22,23). The predicted molar refractivity (Wildman–Crippen MR) is 91.9 cm³/mol. The number of carboxylic acids is 1. The molecule has 23 heavy (non-hydrogen) atoms. The van der Waals surface area contributed by atoms with Crippen LogP contribution in [0.3, 0.4) is 0 Å². The molecule has 2 aromatic rings. The molecular weight excluding hydrogens is 290 g/mol. The normalized spacial score (nSPS) is 11.0. The van der Waals surface area contributed by atoms with Crippen LogP contribution in [0.25, 0.3) is 10.9 Å². The van der Waals surface area contributed by atoms with Gasteiger partial charge < -0.3 is 5.11 Å². The van der Waals surface area contributed by atoms with E-state index in [9.17, 15) is 9.59 Å². The number of aryl methyl sites for hydroxylation is 1. The smallest absolute Gasteiger partial charge is 0.303 e. The van der Waals surface area contributed by atoms with E-state index in [0.29, 0.717) is 6.42 Å². The number of carbonyl (C=O) groups is 2. The maximum atomic E-state index is 12.4. The first kappa shape index (κ1) is 17.3. The first-order chi connectivity index (χ1) is 11.1. The molecule has 0 atom stereocenters. The number of hydrogen-bond donors (Lipinski definition) is 1. The minimum atomic E-state index is -0.855. The number of aromatic nitrogens is 1. The molecule has 4 nitrogen and oxygen atoms in total. The van der Waals surface area contributed by atoms with Crippen molar-refractivity contribution in [2.75, 3.05) is 0 Å². The highest BCUT2D eigenvalue weighted by molar-refractivity contribution is 5.94. The molecule has 4 heteroatoms. The highest BCUT2D eigenvalue weighted by atomic mass is 16.4. The molecule has 1 N–H and O–H groups in total. The van der Waals surface area contributed by atoms with Gasteiger partial charge in [-0.25, -0.2) is 0 Å². The summed E-state index contributed by atoms with van der Waals surface area (Å²) in [5.74, 6) is -0.881. The van der Waals surface area contributed by atoms with Crippen LogP contribution in [0.15, 0.2) is 30.5 Å². The lowest BCUT2D eigenvalue weighted by atomic mass is 10.1. The monoisotopic (exact) mass is 315 g/mol. The number of benzene rings is 1. The van der Waals surface area contributed by atoms with Crippen molar-refractivity contribution in [2.24, 2.45) is 0 Å². The largest absolute Gasteiger partial charge is 0.481 e. The molecule has 0 aliphatic rings. The molecule has 0 amide bonds. The minimum Gasteiger partial charge on any atom is -0.481 e. The van der Waals surface area contributed by atoms with Gasteiger partial charge in [-0.15, -0.1) is 0 Å². The molecule has 0 saturated carbocycles. The molecular formula is C19H25NO3. The molecule has 0 unspecified atom stereocenters. The lowest BCUT2D eigenvalue weighted by Crippen LogP contribution is -2.09. The Morgan fingerprint density at radius 3 is 2.57 bits per heavy atom. The van der Waals surface area contributed by atoms with Gasteiger partial charge in [0, 0.05) is 24.4 Å². The Morgan fingerprint density at radius 1 is 1.04 bits per heavy atom. The summed E-state index contributed by atoms with van der Waals surface area (Å²) in [6.07, 6.45) is 8.41. The Hall–Kier alpha value is -2.10. The van der Waals surface area contributed by atoms with Gasteiger partial charge >= 0.3 is 5.97 Å². The van der Waals surface area contributed by atoms with E-state index in [-0.39, 0.29) is 18.7 Å². The van der Waals surface area contributed by atoms with Crippen molar-refractivity contribution in [3.05, 3.63) is 36.0 Å². The van der Waals surface area contributed by atoms with E-state index in [4.69, 9.17) is 5.11 Å². The Kier molecular flexibility index (Phi) is 6.39. The van der Waals surface area contributed by atoms with Gasteiger partial charge in [-0.05, 0) is 30.9 Å². The number of rotatable bonds is 9. The number of nitrogens with zero attached hydrogens (tertiary/aromatic N) is 1. The fourth-order valence-corrected chi connectivity index (χ4v) is 2.91. The molecule has 1 aromatic heterocycles. The van der Waals surface area contributed by atoms with Crippen molar-refractivity contribution in [1.29, 1.82) is 0 Å². The third-order valence-electron chi connectivity index (χ3n) is 4.14. The highest BCUT2D eigenvalue weighted by Crippen LogP contribution is 2.24. The van der Waals surface area contributed by atoms with Crippen LogP contribution < -0.4 is 0 Å². The lowest BCUT2D eigenvalue weighted by molar-refractivity contribution is -0.137. The number of fused-ring (bicyclic) bond motifs is 1. The molecule has 1 heterocycles. The van der Waals surface area contributed by atoms with E-state index in [0.717, 1.165) is 23.7 Å². The van der Waals surface area contributed by atoms with Gasteiger partial charge in [0.25, 0.3) is 0 Å². The van der Waals surface area contributed by atoms with Crippen LogP contribution in [0, 0.1) is 0 Å². The average Bonchev–Trinajstić information content (AvgIpc) is 2.90. The summed E-state index contributed by atoms with van der Waals surface area (Å²) < 4.78 is 1.70. The third-order valence-corrected chi connectivity index (χ3v) is 4.14. The second-order valence-corrected chi connectivity index (χ2v) is 5.99.